The van der Waals surface area contributed by atoms with Crippen molar-refractivity contribution in [2.75, 3.05) is 31.2 Å². The Kier molecular flexibility index (Phi) is 8.22. The number of carbonyl (C=O) groups excluding carboxylic acids is 1. The van der Waals surface area contributed by atoms with Gasteiger partial charge in [-0.2, -0.15) is 0 Å². The minimum Gasteiger partial charge on any atom is -0.378 e. The Balaban J connectivity index is 0.00000144. The summed E-state index contributed by atoms with van der Waals surface area (Å²) in [6, 6.07) is 3.91. The number of hydrogen-bond donors (Lipinski definition) is 2. The number of halogens is 2. The average molecular weight is 377 g/mol. The first kappa shape index (κ1) is 21.0. The van der Waals surface area contributed by atoms with Gasteiger partial charge in [0.05, 0.1) is 18.8 Å². The third-order valence-corrected chi connectivity index (χ3v) is 4.57. The lowest BCUT2D eigenvalue weighted by Crippen LogP contribution is -2.51. The van der Waals surface area contributed by atoms with Crippen LogP contribution < -0.4 is 16.0 Å². The van der Waals surface area contributed by atoms with E-state index in [1.54, 1.807) is 6.20 Å². The summed E-state index contributed by atoms with van der Waals surface area (Å²) in [5.41, 5.74) is 6.54. The number of anilines is 1. The highest BCUT2D eigenvalue weighted by atomic mass is 35.5. The van der Waals surface area contributed by atoms with Crippen LogP contribution in [-0.2, 0) is 16.1 Å². The molecule has 1 aromatic rings. The van der Waals surface area contributed by atoms with Crippen molar-refractivity contribution >= 4 is 36.5 Å². The summed E-state index contributed by atoms with van der Waals surface area (Å²) >= 11 is 0. The van der Waals surface area contributed by atoms with Crippen LogP contribution in [0.3, 0.4) is 0 Å². The number of morpholine rings is 1. The molecular weight excluding hydrogens is 351 g/mol. The van der Waals surface area contributed by atoms with Gasteiger partial charge in [0, 0.05) is 31.4 Å². The number of ether oxygens (including phenoxy) is 1. The summed E-state index contributed by atoms with van der Waals surface area (Å²) in [5, 5.41) is 3.00. The maximum absolute atomic E-state index is 12.3. The molecule has 136 valence electrons. The molecule has 1 saturated carbocycles. The maximum atomic E-state index is 12.3. The van der Waals surface area contributed by atoms with Crippen LogP contribution in [0.15, 0.2) is 18.3 Å². The predicted octanol–water partition coefficient (Wildman–Crippen LogP) is 1.65. The molecule has 1 aliphatic carbocycles. The van der Waals surface area contributed by atoms with Gasteiger partial charge >= 0.3 is 0 Å². The Morgan fingerprint density at radius 3 is 2.62 bits per heavy atom. The van der Waals surface area contributed by atoms with E-state index in [9.17, 15) is 4.79 Å². The van der Waals surface area contributed by atoms with Crippen LogP contribution in [0.25, 0.3) is 0 Å². The highest BCUT2D eigenvalue weighted by molar-refractivity contribution is 5.86. The monoisotopic (exact) mass is 376 g/mol. The molecule has 1 amide bonds. The normalized spacial score (nSPS) is 19.1. The molecule has 2 heterocycles. The zero-order chi connectivity index (χ0) is 15.4. The Morgan fingerprint density at radius 1 is 1.29 bits per heavy atom. The van der Waals surface area contributed by atoms with Gasteiger partial charge in [-0.3, -0.25) is 4.79 Å². The number of nitrogens with one attached hydrogen (secondary N) is 1. The zero-order valence-electron chi connectivity index (χ0n) is 13.7. The SMILES string of the molecule is Cl.Cl.NC1(C(=O)NCc2cccnc2N2CCOCC2)CCCC1. The molecule has 3 rings (SSSR count). The molecule has 2 aliphatic rings. The maximum Gasteiger partial charge on any atom is 0.240 e. The van der Waals surface area contributed by atoms with E-state index in [0.717, 1.165) is 50.2 Å². The van der Waals surface area contributed by atoms with Crippen molar-refractivity contribution in [1.29, 1.82) is 0 Å². The minimum absolute atomic E-state index is 0. The second-order valence-corrected chi connectivity index (χ2v) is 6.13. The van der Waals surface area contributed by atoms with Gasteiger partial charge in [-0.15, -0.1) is 24.8 Å². The summed E-state index contributed by atoms with van der Waals surface area (Å²) in [5.74, 6) is 0.894. The molecule has 0 unspecified atom stereocenters. The third kappa shape index (κ3) is 4.72. The topological polar surface area (TPSA) is 80.5 Å². The van der Waals surface area contributed by atoms with Crippen LogP contribution in [-0.4, -0.2) is 42.7 Å². The van der Waals surface area contributed by atoms with Gasteiger partial charge in [0.25, 0.3) is 0 Å². The van der Waals surface area contributed by atoms with Gasteiger partial charge in [0.2, 0.25) is 5.91 Å². The van der Waals surface area contributed by atoms with Crippen LogP contribution in [0.1, 0.15) is 31.2 Å². The van der Waals surface area contributed by atoms with Crippen molar-refractivity contribution in [3.8, 4) is 0 Å². The Morgan fingerprint density at radius 2 is 1.96 bits per heavy atom. The number of hydrogen-bond acceptors (Lipinski definition) is 5. The fraction of sp³-hybridized carbons (Fsp3) is 0.625. The lowest BCUT2D eigenvalue weighted by molar-refractivity contribution is -0.126. The largest absolute Gasteiger partial charge is 0.378 e. The van der Waals surface area contributed by atoms with Crippen LogP contribution in [0.5, 0.6) is 0 Å². The van der Waals surface area contributed by atoms with Crippen molar-refractivity contribution in [3.63, 3.8) is 0 Å². The predicted molar refractivity (Wildman–Crippen MR) is 99.0 cm³/mol. The average Bonchev–Trinajstić information content (AvgIpc) is 3.02. The van der Waals surface area contributed by atoms with Gasteiger partial charge in [0.15, 0.2) is 0 Å². The smallest absolute Gasteiger partial charge is 0.240 e. The molecule has 3 N–H and O–H groups in total. The van der Waals surface area contributed by atoms with Gasteiger partial charge < -0.3 is 20.7 Å². The number of amides is 1. The van der Waals surface area contributed by atoms with E-state index < -0.39 is 5.54 Å². The number of carbonyl (C=O) groups is 1. The fourth-order valence-electron chi connectivity index (χ4n) is 3.21. The van der Waals surface area contributed by atoms with Crippen molar-refractivity contribution in [2.45, 2.75) is 37.8 Å². The number of nitrogens with two attached hydrogens (primary N) is 1. The first-order valence-electron chi connectivity index (χ1n) is 8.03. The summed E-state index contributed by atoms with van der Waals surface area (Å²) in [4.78, 5) is 19.0. The molecule has 0 radical (unpaired) electrons. The summed E-state index contributed by atoms with van der Waals surface area (Å²) in [6.45, 7) is 3.57. The standard InChI is InChI=1S/C16H24N4O2.2ClH/c17-16(5-1-2-6-16)15(21)19-12-13-4-3-7-18-14(13)20-8-10-22-11-9-20;;/h3-4,7H,1-2,5-6,8-12,17H2,(H,19,21);2*1H. The molecule has 2 fully saturated rings. The van der Waals surface area contributed by atoms with E-state index in [2.05, 4.69) is 15.2 Å². The molecule has 24 heavy (non-hydrogen) atoms. The van der Waals surface area contributed by atoms with Crippen molar-refractivity contribution in [1.82, 2.24) is 10.3 Å². The fourth-order valence-corrected chi connectivity index (χ4v) is 3.21. The second-order valence-electron chi connectivity index (χ2n) is 6.13. The van der Waals surface area contributed by atoms with Crippen LogP contribution in [0.4, 0.5) is 5.82 Å². The lowest BCUT2D eigenvalue weighted by atomic mass is 9.98. The first-order valence-corrected chi connectivity index (χ1v) is 8.03. The summed E-state index contributed by atoms with van der Waals surface area (Å²) in [7, 11) is 0. The van der Waals surface area contributed by atoms with E-state index in [1.807, 2.05) is 12.1 Å². The van der Waals surface area contributed by atoms with Gasteiger partial charge in [0.1, 0.15) is 5.82 Å². The van der Waals surface area contributed by atoms with E-state index in [0.29, 0.717) is 19.8 Å². The summed E-state index contributed by atoms with van der Waals surface area (Å²) in [6.07, 6.45) is 5.42. The molecule has 0 atom stereocenters. The van der Waals surface area contributed by atoms with Crippen LogP contribution >= 0.6 is 24.8 Å². The zero-order valence-corrected chi connectivity index (χ0v) is 15.3. The number of pyridine rings is 1. The highest BCUT2D eigenvalue weighted by Gasteiger charge is 2.36. The van der Waals surface area contributed by atoms with E-state index >= 15 is 0 Å². The Labute approximate surface area is 155 Å². The molecule has 8 heteroatoms. The molecule has 1 aromatic heterocycles. The number of rotatable bonds is 4. The molecule has 0 aromatic carbocycles. The summed E-state index contributed by atoms with van der Waals surface area (Å²) < 4.78 is 5.38. The molecule has 6 nitrogen and oxygen atoms in total. The highest BCUT2D eigenvalue weighted by Crippen LogP contribution is 2.27. The van der Waals surface area contributed by atoms with Crippen molar-refractivity contribution < 1.29 is 9.53 Å². The van der Waals surface area contributed by atoms with Crippen LogP contribution in [0, 0.1) is 0 Å². The second kappa shape index (κ2) is 9.42. The van der Waals surface area contributed by atoms with Crippen molar-refractivity contribution in [3.05, 3.63) is 23.9 Å². The van der Waals surface area contributed by atoms with Crippen LogP contribution in [0.2, 0.25) is 0 Å². The number of nitrogens with zero attached hydrogens (tertiary/aromatic N) is 2. The molecule has 1 aliphatic heterocycles. The first-order chi connectivity index (χ1) is 10.7. The third-order valence-electron chi connectivity index (χ3n) is 4.57. The molecular formula is C16H26Cl2N4O2. The Hall–Kier alpha value is -1.08. The van der Waals surface area contributed by atoms with E-state index in [-0.39, 0.29) is 30.7 Å². The van der Waals surface area contributed by atoms with Gasteiger partial charge in [-0.25, -0.2) is 4.98 Å². The molecule has 0 spiro atoms. The van der Waals surface area contributed by atoms with Gasteiger partial charge in [-0.05, 0) is 18.9 Å². The number of aromatic nitrogens is 1. The van der Waals surface area contributed by atoms with E-state index in [4.69, 9.17) is 10.5 Å². The van der Waals surface area contributed by atoms with Gasteiger partial charge in [-0.1, -0.05) is 18.9 Å². The molecule has 0 bridgehead atoms. The van der Waals surface area contributed by atoms with Crippen molar-refractivity contribution in [2.24, 2.45) is 5.73 Å². The Bertz CT molecular complexity index is 533. The lowest BCUT2D eigenvalue weighted by Gasteiger charge is -2.29. The van der Waals surface area contributed by atoms with E-state index in [1.165, 1.54) is 0 Å². The quantitative estimate of drug-likeness (QED) is 0.834. The molecule has 1 saturated heterocycles. The minimum atomic E-state index is -0.679.